The van der Waals surface area contributed by atoms with E-state index in [9.17, 15) is 13.2 Å². The van der Waals surface area contributed by atoms with Crippen molar-refractivity contribution in [1.82, 2.24) is 0 Å². The van der Waals surface area contributed by atoms with Crippen LogP contribution in [0.1, 0.15) is 10.9 Å². The number of ether oxygens (including phenoxy) is 1. The van der Waals surface area contributed by atoms with Gasteiger partial charge in [-0.25, -0.2) is 0 Å². The van der Waals surface area contributed by atoms with E-state index in [-0.39, 0.29) is 4.88 Å². The Morgan fingerprint density at radius 1 is 1.54 bits per heavy atom. The molecule has 0 spiro atoms. The van der Waals surface area contributed by atoms with Gasteiger partial charge in [0.15, 0.2) is 0 Å². The molecule has 0 aliphatic rings. The minimum atomic E-state index is -4.39. The van der Waals surface area contributed by atoms with Gasteiger partial charge in [-0.3, -0.25) is 0 Å². The van der Waals surface area contributed by atoms with E-state index in [2.05, 4.69) is 0 Å². The van der Waals surface area contributed by atoms with E-state index in [0.29, 0.717) is 5.75 Å². The molecule has 0 aliphatic heterocycles. The lowest BCUT2D eigenvalue weighted by atomic mass is 10.2. The molecule has 0 aliphatic carbocycles. The zero-order chi connectivity index (χ0) is 10.1. The third-order valence-corrected chi connectivity index (χ3v) is 2.48. The van der Waals surface area contributed by atoms with Gasteiger partial charge in [-0.1, -0.05) is 0 Å². The van der Waals surface area contributed by atoms with Crippen molar-refractivity contribution < 1.29 is 17.9 Å². The van der Waals surface area contributed by atoms with E-state index in [1.54, 1.807) is 0 Å². The summed E-state index contributed by atoms with van der Waals surface area (Å²) in [6.45, 7) is 0. The molecule has 0 aromatic carbocycles. The molecular formula is C7H8F3NOS. The van der Waals surface area contributed by atoms with E-state index in [1.165, 1.54) is 18.6 Å². The summed E-state index contributed by atoms with van der Waals surface area (Å²) < 4.78 is 41.0. The second kappa shape index (κ2) is 3.55. The molecule has 13 heavy (non-hydrogen) atoms. The number of methoxy groups -OCH3 is 1. The minimum Gasteiger partial charge on any atom is -0.496 e. The lowest BCUT2D eigenvalue weighted by Gasteiger charge is -2.12. The summed E-state index contributed by atoms with van der Waals surface area (Å²) in [4.78, 5) is 0.0596. The molecule has 0 amide bonds. The Morgan fingerprint density at radius 2 is 2.15 bits per heavy atom. The summed E-state index contributed by atoms with van der Waals surface area (Å²) in [6.07, 6.45) is -4.39. The largest absolute Gasteiger partial charge is 0.496 e. The fourth-order valence-corrected chi connectivity index (χ4v) is 1.65. The fourth-order valence-electron chi connectivity index (χ4n) is 0.766. The summed E-state index contributed by atoms with van der Waals surface area (Å²) in [7, 11) is 1.39. The van der Waals surface area contributed by atoms with Crippen molar-refractivity contribution in [3.63, 3.8) is 0 Å². The molecule has 1 aromatic heterocycles. The Bertz CT molecular complexity index is 284. The predicted octanol–water partition coefficient (Wildman–Crippen LogP) is 2.32. The molecular weight excluding hydrogens is 203 g/mol. The average Bonchev–Trinajstić information content (AvgIpc) is 2.48. The first-order valence-electron chi connectivity index (χ1n) is 3.40. The number of rotatable bonds is 2. The average molecular weight is 211 g/mol. The van der Waals surface area contributed by atoms with Crippen LogP contribution in [0.2, 0.25) is 0 Å². The highest BCUT2D eigenvalue weighted by Gasteiger charge is 2.38. The van der Waals surface area contributed by atoms with Crippen molar-refractivity contribution in [2.24, 2.45) is 5.73 Å². The zero-order valence-corrected chi connectivity index (χ0v) is 7.58. The molecule has 74 valence electrons. The smallest absolute Gasteiger partial charge is 0.408 e. The second-order valence-electron chi connectivity index (χ2n) is 2.41. The number of nitrogens with two attached hydrogens (primary N) is 1. The number of halogens is 3. The molecule has 1 heterocycles. The number of thiophene rings is 1. The molecule has 2 N–H and O–H groups in total. The van der Waals surface area contributed by atoms with Gasteiger partial charge in [0.2, 0.25) is 0 Å². The maximum atomic E-state index is 12.1. The highest BCUT2D eigenvalue weighted by Crippen LogP contribution is 2.35. The molecule has 0 saturated heterocycles. The predicted molar refractivity (Wildman–Crippen MR) is 43.9 cm³/mol. The second-order valence-corrected chi connectivity index (χ2v) is 3.35. The van der Waals surface area contributed by atoms with Gasteiger partial charge in [-0.2, -0.15) is 13.2 Å². The van der Waals surface area contributed by atoms with Crippen LogP contribution in [0.4, 0.5) is 13.2 Å². The molecule has 0 fully saturated rings. The third kappa shape index (κ3) is 2.35. The normalized spacial score (nSPS) is 14.2. The van der Waals surface area contributed by atoms with E-state index < -0.39 is 12.2 Å². The quantitative estimate of drug-likeness (QED) is 0.814. The molecule has 2 nitrogen and oxygen atoms in total. The lowest BCUT2D eigenvalue weighted by Crippen LogP contribution is -2.27. The summed E-state index contributed by atoms with van der Waals surface area (Å²) in [5.74, 6) is 0.403. The Balaban J connectivity index is 2.83. The van der Waals surface area contributed by atoms with Crippen LogP contribution < -0.4 is 10.5 Å². The van der Waals surface area contributed by atoms with Gasteiger partial charge >= 0.3 is 6.18 Å². The van der Waals surface area contributed by atoms with Gasteiger partial charge in [0.25, 0.3) is 0 Å². The van der Waals surface area contributed by atoms with Gasteiger partial charge in [0.1, 0.15) is 11.8 Å². The van der Waals surface area contributed by atoms with Crippen LogP contribution in [0.25, 0.3) is 0 Å². The summed E-state index contributed by atoms with van der Waals surface area (Å²) in [6, 6.07) is -0.621. The van der Waals surface area contributed by atoms with Crippen molar-refractivity contribution in [2.45, 2.75) is 12.2 Å². The van der Waals surface area contributed by atoms with Crippen LogP contribution >= 0.6 is 11.3 Å². The van der Waals surface area contributed by atoms with Gasteiger partial charge in [0.05, 0.1) is 7.11 Å². The number of hydrogen-bond donors (Lipinski definition) is 1. The van der Waals surface area contributed by atoms with Crippen molar-refractivity contribution in [1.29, 1.82) is 0 Å². The lowest BCUT2D eigenvalue weighted by molar-refractivity contribution is -0.148. The summed E-state index contributed by atoms with van der Waals surface area (Å²) >= 11 is 0.939. The van der Waals surface area contributed by atoms with Crippen molar-refractivity contribution >= 4 is 11.3 Å². The highest BCUT2D eigenvalue weighted by molar-refractivity contribution is 7.10. The Labute approximate surface area is 77.1 Å². The van der Waals surface area contributed by atoms with Crippen LogP contribution in [0.3, 0.4) is 0 Å². The number of hydrogen-bond acceptors (Lipinski definition) is 3. The Hall–Kier alpha value is -0.750. The molecule has 0 radical (unpaired) electrons. The summed E-state index contributed by atoms with van der Waals surface area (Å²) in [5, 5.41) is 1.49. The van der Waals surface area contributed by atoms with E-state index in [0.717, 1.165) is 11.3 Å². The van der Waals surface area contributed by atoms with Crippen molar-refractivity contribution in [3.05, 3.63) is 16.3 Å². The zero-order valence-electron chi connectivity index (χ0n) is 6.76. The number of alkyl halides is 3. The maximum absolute atomic E-state index is 12.1. The Morgan fingerprint density at radius 3 is 2.54 bits per heavy atom. The van der Waals surface area contributed by atoms with E-state index in [4.69, 9.17) is 10.5 Å². The monoisotopic (exact) mass is 211 g/mol. The first-order valence-corrected chi connectivity index (χ1v) is 4.28. The maximum Gasteiger partial charge on any atom is 0.408 e. The first-order chi connectivity index (χ1) is 5.95. The van der Waals surface area contributed by atoms with Gasteiger partial charge in [0, 0.05) is 10.3 Å². The highest BCUT2D eigenvalue weighted by atomic mass is 32.1. The molecule has 6 heteroatoms. The minimum absolute atomic E-state index is 0.0596. The fraction of sp³-hybridized carbons (Fsp3) is 0.429. The summed E-state index contributed by atoms with van der Waals surface area (Å²) in [5.41, 5.74) is 4.97. The molecule has 0 saturated carbocycles. The van der Waals surface area contributed by atoms with Crippen LogP contribution in [-0.2, 0) is 0 Å². The van der Waals surface area contributed by atoms with Gasteiger partial charge in [-0.15, -0.1) is 11.3 Å². The SMILES string of the molecule is COc1csc([C@H](N)C(F)(F)F)c1. The molecule has 1 atom stereocenters. The molecule has 1 aromatic rings. The topological polar surface area (TPSA) is 35.2 Å². The van der Waals surface area contributed by atoms with Crippen LogP contribution in [-0.4, -0.2) is 13.3 Å². The first kappa shape index (κ1) is 10.3. The molecule has 0 bridgehead atoms. The third-order valence-electron chi connectivity index (χ3n) is 1.49. The molecule has 1 rings (SSSR count). The van der Waals surface area contributed by atoms with Crippen molar-refractivity contribution in [2.75, 3.05) is 7.11 Å². The van der Waals surface area contributed by atoms with E-state index >= 15 is 0 Å². The Kier molecular flexibility index (Phi) is 2.82. The van der Waals surface area contributed by atoms with Crippen molar-refractivity contribution in [3.8, 4) is 5.75 Å². The van der Waals surface area contributed by atoms with Crippen LogP contribution in [0.5, 0.6) is 5.75 Å². The van der Waals surface area contributed by atoms with Crippen LogP contribution in [0.15, 0.2) is 11.4 Å². The van der Waals surface area contributed by atoms with Gasteiger partial charge < -0.3 is 10.5 Å². The van der Waals surface area contributed by atoms with Crippen LogP contribution in [0, 0.1) is 0 Å². The standard InChI is InChI=1S/C7H8F3NOS/c1-12-4-2-5(13-3-4)6(11)7(8,9)10/h2-3,6H,11H2,1H3/t6-/m0/s1. The van der Waals surface area contributed by atoms with E-state index in [1.807, 2.05) is 0 Å². The molecule has 0 unspecified atom stereocenters. The van der Waals surface area contributed by atoms with Gasteiger partial charge in [-0.05, 0) is 6.07 Å².